The van der Waals surface area contributed by atoms with Gasteiger partial charge in [0.25, 0.3) is 0 Å². The lowest BCUT2D eigenvalue weighted by molar-refractivity contribution is 0.968. The molecule has 0 unspecified atom stereocenters. The van der Waals surface area contributed by atoms with Gasteiger partial charge in [-0.2, -0.15) is 0 Å². The van der Waals surface area contributed by atoms with E-state index in [0.29, 0.717) is 0 Å². The van der Waals surface area contributed by atoms with E-state index in [1.165, 1.54) is 28.7 Å². The third-order valence-corrected chi connectivity index (χ3v) is 2.64. The second-order valence-corrected chi connectivity index (χ2v) is 3.98. The van der Waals surface area contributed by atoms with Gasteiger partial charge in [-0.1, -0.05) is 29.8 Å². The van der Waals surface area contributed by atoms with Gasteiger partial charge < -0.3 is 0 Å². The Bertz CT molecular complexity index is 309. The molecule has 0 aliphatic rings. The summed E-state index contributed by atoms with van der Waals surface area (Å²) in [6.45, 7) is 8.67. The molecule has 0 heteroatoms. The van der Waals surface area contributed by atoms with Crippen LogP contribution < -0.4 is 0 Å². The third-order valence-electron chi connectivity index (χ3n) is 2.64. The van der Waals surface area contributed by atoms with Crippen molar-refractivity contribution in [1.82, 2.24) is 0 Å². The molecule has 0 nitrogen and oxygen atoms in total. The Morgan fingerprint density at radius 2 is 1.64 bits per heavy atom. The van der Waals surface area contributed by atoms with Gasteiger partial charge in [0.15, 0.2) is 0 Å². The molecular formula is C14H20. The first-order valence-corrected chi connectivity index (χ1v) is 5.33. The largest absolute Gasteiger partial charge is 0.0917 e. The molecule has 1 rings (SSSR count). The maximum Gasteiger partial charge on any atom is -0.0239 e. The summed E-state index contributed by atoms with van der Waals surface area (Å²) in [5.74, 6) is 0. The highest BCUT2D eigenvalue weighted by molar-refractivity contribution is 5.37. The molecule has 0 aliphatic carbocycles. The van der Waals surface area contributed by atoms with Gasteiger partial charge in [0, 0.05) is 0 Å². The van der Waals surface area contributed by atoms with Gasteiger partial charge in [0.05, 0.1) is 0 Å². The highest BCUT2D eigenvalue weighted by Gasteiger charge is 2.02. The number of hydrogen-bond donors (Lipinski definition) is 0. The van der Waals surface area contributed by atoms with Crippen molar-refractivity contribution in [3.05, 3.63) is 46.5 Å². The average molecular weight is 188 g/mol. The van der Waals surface area contributed by atoms with Crippen LogP contribution in [0, 0.1) is 20.8 Å². The normalized spacial score (nSPS) is 11.1. The summed E-state index contributed by atoms with van der Waals surface area (Å²) in [5, 5.41) is 0. The summed E-state index contributed by atoms with van der Waals surface area (Å²) in [7, 11) is 0. The van der Waals surface area contributed by atoms with Crippen molar-refractivity contribution < 1.29 is 0 Å². The Balaban J connectivity index is 2.85. The number of hydrogen-bond acceptors (Lipinski definition) is 0. The van der Waals surface area contributed by atoms with E-state index in [1.54, 1.807) is 0 Å². The molecule has 0 spiro atoms. The van der Waals surface area contributed by atoms with Crippen LogP contribution in [0.25, 0.3) is 0 Å². The van der Waals surface area contributed by atoms with Crippen molar-refractivity contribution in [2.45, 2.75) is 40.5 Å². The fourth-order valence-electron chi connectivity index (χ4n) is 2.00. The highest BCUT2D eigenvalue weighted by Crippen LogP contribution is 2.18. The number of allylic oxidation sites excluding steroid dienone is 2. The van der Waals surface area contributed by atoms with E-state index < -0.39 is 0 Å². The highest BCUT2D eigenvalue weighted by atomic mass is 14.1. The average Bonchev–Trinajstić information content (AvgIpc) is 2.09. The number of rotatable bonds is 3. The Morgan fingerprint density at radius 1 is 1.07 bits per heavy atom. The molecule has 0 bridgehead atoms. The van der Waals surface area contributed by atoms with E-state index in [0.717, 1.165) is 6.42 Å². The molecule has 1 aromatic carbocycles. The van der Waals surface area contributed by atoms with E-state index in [-0.39, 0.29) is 0 Å². The molecule has 0 saturated carbocycles. The zero-order valence-corrected chi connectivity index (χ0v) is 9.72. The van der Waals surface area contributed by atoms with E-state index in [2.05, 4.69) is 52.0 Å². The Morgan fingerprint density at radius 3 is 2.14 bits per heavy atom. The minimum absolute atomic E-state index is 1.15. The van der Waals surface area contributed by atoms with Crippen LogP contribution in [0.3, 0.4) is 0 Å². The van der Waals surface area contributed by atoms with Crippen LogP contribution in [0.5, 0.6) is 0 Å². The van der Waals surface area contributed by atoms with Gasteiger partial charge in [-0.05, 0) is 57.2 Å². The van der Waals surface area contributed by atoms with Gasteiger partial charge in [-0.15, -0.1) is 0 Å². The molecule has 0 radical (unpaired) electrons. The molecule has 14 heavy (non-hydrogen) atoms. The zero-order chi connectivity index (χ0) is 10.6. The van der Waals surface area contributed by atoms with Crippen molar-refractivity contribution in [3.63, 3.8) is 0 Å². The standard InChI is InChI=1S/C14H20/c1-5-6-7-8-14-12(3)9-11(2)10-13(14)4/h5-6,9-10H,7-8H2,1-4H3/b6-5-. The van der Waals surface area contributed by atoms with Gasteiger partial charge in [-0.3, -0.25) is 0 Å². The Labute approximate surface area is 87.7 Å². The fourth-order valence-corrected chi connectivity index (χ4v) is 2.00. The molecular weight excluding hydrogens is 168 g/mol. The predicted molar refractivity (Wildman–Crippen MR) is 63.8 cm³/mol. The van der Waals surface area contributed by atoms with E-state index >= 15 is 0 Å². The first-order chi connectivity index (χ1) is 6.65. The lowest BCUT2D eigenvalue weighted by Gasteiger charge is -2.09. The van der Waals surface area contributed by atoms with Crippen LogP contribution in [0.2, 0.25) is 0 Å². The van der Waals surface area contributed by atoms with E-state index in [9.17, 15) is 0 Å². The van der Waals surface area contributed by atoms with Gasteiger partial charge >= 0.3 is 0 Å². The second-order valence-electron chi connectivity index (χ2n) is 3.98. The summed E-state index contributed by atoms with van der Waals surface area (Å²) in [6.07, 6.45) is 6.68. The lowest BCUT2D eigenvalue weighted by Crippen LogP contribution is -1.94. The summed E-state index contributed by atoms with van der Waals surface area (Å²) in [5.41, 5.74) is 5.77. The molecule has 0 fully saturated rings. The van der Waals surface area contributed by atoms with Crippen LogP contribution in [0.1, 0.15) is 35.6 Å². The van der Waals surface area contributed by atoms with Crippen LogP contribution >= 0.6 is 0 Å². The summed E-state index contributed by atoms with van der Waals surface area (Å²) < 4.78 is 0. The molecule has 0 aliphatic heterocycles. The molecule has 76 valence electrons. The zero-order valence-electron chi connectivity index (χ0n) is 9.72. The Hall–Kier alpha value is -1.04. The molecule has 0 N–H and O–H groups in total. The first-order valence-electron chi connectivity index (χ1n) is 5.33. The number of benzene rings is 1. The van der Waals surface area contributed by atoms with Crippen molar-refractivity contribution in [1.29, 1.82) is 0 Å². The molecule has 0 saturated heterocycles. The quantitative estimate of drug-likeness (QED) is 0.626. The SMILES string of the molecule is C/C=C\CCc1c(C)cc(C)cc1C. The minimum Gasteiger partial charge on any atom is -0.0917 e. The molecule has 0 aromatic heterocycles. The van der Waals surface area contributed by atoms with Crippen LogP contribution in [-0.4, -0.2) is 0 Å². The van der Waals surface area contributed by atoms with Crippen molar-refractivity contribution in [2.24, 2.45) is 0 Å². The monoisotopic (exact) mass is 188 g/mol. The van der Waals surface area contributed by atoms with Crippen LogP contribution in [0.4, 0.5) is 0 Å². The first kappa shape index (κ1) is 11.0. The topological polar surface area (TPSA) is 0 Å². The predicted octanol–water partition coefficient (Wildman–Crippen LogP) is 4.12. The van der Waals surface area contributed by atoms with Crippen LogP contribution in [-0.2, 0) is 6.42 Å². The summed E-state index contributed by atoms with van der Waals surface area (Å²) >= 11 is 0. The maximum absolute atomic E-state index is 2.28. The molecule has 0 atom stereocenters. The van der Waals surface area contributed by atoms with Crippen molar-refractivity contribution >= 4 is 0 Å². The van der Waals surface area contributed by atoms with Crippen molar-refractivity contribution in [3.8, 4) is 0 Å². The molecule has 1 aromatic rings. The lowest BCUT2D eigenvalue weighted by atomic mass is 9.96. The van der Waals surface area contributed by atoms with Gasteiger partial charge in [0.1, 0.15) is 0 Å². The maximum atomic E-state index is 2.28. The number of aryl methyl sites for hydroxylation is 3. The molecule has 0 amide bonds. The van der Waals surface area contributed by atoms with Gasteiger partial charge in [0.2, 0.25) is 0 Å². The van der Waals surface area contributed by atoms with E-state index in [1.807, 2.05) is 0 Å². The van der Waals surface area contributed by atoms with E-state index in [4.69, 9.17) is 0 Å². The summed E-state index contributed by atoms with van der Waals surface area (Å²) in [4.78, 5) is 0. The molecule has 0 heterocycles. The smallest absolute Gasteiger partial charge is 0.0239 e. The van der Waals surface area contributed by atoms with Crippen LogP contribution in [0.15, 0.2) is 24.3 Å². The minimum atomic E-state index is 1.15. The second kappa shape index (κ2) is 4.99. The van der Waals surface area contributed by atoms with Crippen molar-refractivity contribution in [2.75, 3.05) is 0 Å². The third kappa shape index (κ3) is 2.73. The fraction of sp³-hybridized carbons (Fsp3) is 0.429. The van der Waals surface area contributed by atoms with Gasteiger partial charge in [-0.25, -0.2) is 0 Å². The Kier molecular flexibility index (Phi) is 3.94. The summed E-state index contributed by atoms with van der Waals surface area (Å²) in [6, 6.07) is 4.55.